The highest BCUT2D eigenvalue weighted by Gasteiger charge is 2.05. The van der Waals surface area contributed by atoms with Crippen molar-refractivity contribution in [1.29, 1.82) is 0 Å². The third-order valence-electron chi connectivity index (χ3n) is 1.99. The Kier molecular flexibility index (Phi) is 2.36. The first-order chi connectivity index (χ1) is 6.88. The van der Waals surface area contributed by atoms with Gasteiger partial charge in [-0.25, -0.2) is 0 Å². The van der Waals surface area contributed by atoms with Crippen molar-refractivity contribution in [2.45, 2.75) is 0 Å². The van der Waals surface area contributed by atoms with Gasteiger partial charge in [-0.3, -0.25) is 9.79 Å². The van der Waals surface area contributed by atoms with Crippen molar-refractivity contribution in [3.05, 3.63) is 53.7 Å². The van der Waals surface area contributed by atoms with Crippen molar-refractivity contribution in [1.82, 2.24) is 0 Å². The number of carbonyl (C=O) groups is 1. The summed E-state index contributed by atoms with van der Waals surface area (Å²) in [5.74, 6) is -0.00991. The number of nitrogens with zero attached hydrogens (tertiary/aromatic N) is 1. The van der Waals surface area contributed by atoms with Gasteiger partial charge < -0.3 is 0 Å². The van der Waals surface area contributed by atoms with Crippen LogP contribution in [0.1, 0.15) is 15.9 Å². The second-order valence-corrected chi connectivity index (χ2v) is 2.92. The number of carbonyl (C=O) groups excluding carboxylic acids is 1. The zero-order valence-electron chi connectivity index (χ0n) is 7.55. The molecule has 68 valence electrons. The van der Waals surface area contributed by atoms with Crippen LogP contribution in [-0.4, -0.2) is 12.0 Å². The predicted molar refractivity (Wildman–Crippen MR) is 57.4 cm³/mol. The van der Waals surface area contributed by atoms with Gasteiger partial charge >= 0.3 is 0 Å². The summed E-state index contributed by atoms with van der Waals surface area (Å²) in [5, 5.41) is 0. The lowest BCUT2D eigenvalue weighted by Crippen LogP contribution is -1.96. The molecule has 0 unspecified atom stereocenters. The lowest BCUT2D eigenvalue weighted by Gasteiger charge is -2.00. The lowest BCUT2D eigenvalue weighted by molar-refractivity contribution is 0.104. The van der Waals surface area contributed by atoms with Gasteiger partial charge in [-0.15, -0.1) is 0 Å². The fourth-order valence-corrected chi connectivity index (χ4v) is 1.31. The monoisotopic (exact) mass is 183 g/mol. The molecular weight excluding hydrogens is 174 g/mol. The van der Waals surface area contributed by atoms with Gasteiger partial charge in [0.15, 0.2) is 5.78 Å². The van der Waals surface area contributed by atoms with E-state index >= 15 is 0 Å². The van der Waals surface area contributed by atoms with Crippen molar-refractivity contribution in [2.75, 3.05) is 0 Å². The third-order valence-corrected chi connectivity index (χ3v) is 1.99. The van der Waals surface area contributed by atoms with Gasteiger partial charge in [-0.2, -0.15) is 0 Å². The summed E-state index contributed by atoms with van der Waals surface area (Å²) in [6, 6.07) is 7.50. The van der Waals surface area contributed by atoms with E-state index in [-0.39, 0.29) is 5.78 Å². The third kappa shape index (κ3) is 1.69. The smallest absolute Gasteiger partial charge is 0.187 e. The number of aliphatic imine (C=N–C) groups is 1. The fourth-order valence-electron chi connectivity index (χ4n) is 1.31. The van der Waals surface area contributed by atoms with Gasteiger partial charge in [0.2, 0.25) is 0 Å². The number of ketones is 1. The molecule has 1 aliphatic heterocycles. The molecular formula is C12H9NO. The first-order valence-corrected chi connectivity index (χ1v) is 4.38. The standard InChI is InChI=1S/C12H9NO/c14-12-7-9-13-8-3-5-10-4-1-2-6-11(10)12/h1-9H. The van der Waals surface area contributed by atoms with E-state index in [4.69, 9.17) is 0 Å². The number of fused-ring (bicyclic) bond motifs is 1. The number of benzene rings is 1. The number of rotatable bonds is 0. The van der Waals surface area contributed by atoms with Crippen LogP contribution >= 0.6 is 0 Å². The van der Waals surface area contributed by atoms with Gasteiger partial charge in [0.05, 0.1) is 0 Å². The molecule has 1 aromatic rings. The van der Waals surface area contributed by atoms with Crippen LogP contribution < -0.4 is 0 Å². The molecule has 2 rings (SSSR count). The minimum absolute atomic E-state index is 0.00991. The molecule has 1 aromatic carbocycles. The quantitative estimate of drug-likeness (QED) is 0.607. The Balaban J connectivity index is 2.57. The Morgan fingerprint density at radius 1 is 1.07 bits per heavy atom. The van der Waals surface area contributed by atoms with Crippen molar-refractivity contribution in [2.24, 2.45) is 4.99 Å². The van der Waals surface area contributed by atoms with Crippen LogP contribution in [0.25, 0.3) is 6.08 Å². The van der Waals surface area contributed by atoms with Gasteiger partial charge in [-0.1, -0.05) is 30.3 Å². The number of allylic oxidation sites excluding steroid dienone is 2. The van der Waals surface area contributed by atoms with E-state index in [0.29, 0.717) is 5.56 Å². The van der Waals surface area contributed by atoms with Crippen LogP contribution in [0.5, 0.6) is 0 Å². The van der Waals surface area contributed by atoms with E-state index in [0.717, 1.165) is 5.56 Å². The Labute approximate surface area is 82.3 Å². The highest BCUT2D eigenvalue weighted by molar-refractivity contribution is 6.07. The van der Waals surface area contributed by atoms with Crippen LogP contribution in [0.4, 0.5) is 0 Å². The Morgan fingerprint density at radius 3 is 2.86 bits per heavy atom. The number of hydrogen-bond acceptors (Lipinski definition) is 2. The van der Waals surface area contributed by atoms with Crippen molar-refractivity contribution in [3.63, 3.8) is 0 Å². The van der Waals surface area contributed by atoms with Crippen LogP contribution in [0.2, 0.25) is 0 Å². The topological polar surface area (TPSA) is 29.4 Å². The van der Waals surface area contributed by atoms with Crippen LogP contribution in [0, 0.1) is 0 Å². The molecule has 0 atom stereocenters. The molecule has 0 N–H and O–H groups in total. The minimum Gasteiger partial charge on any atom is -0.289 e. The first-order valence-electron chi connectivity index (χ1n) is 4.38. The zero-order valence-corrected chi connectivity index (χ0v) is 7.55. The second kappa shape index (κ2) is 3.83. The van der Waals surface area contributed by atoms with E-state index < -0.39 is 0 Å². The van der Waals surface area contributed by atoms with Crippen LogP contribution in [-0.2, 0) is 0 Å². The molecule has 2 nitrogen and oxygen atoms in total. The molecule has 0 bridgehead atoms. The first kappa shape index (κ1) is 8.63. The molecule has 0 saturated carbocycles. The van der Waals surface area contributed by atoms with E-state index in [9.17, 15) is 4.79 Å². The predicted octanol–water partition coefficient (Wildman–Crippen LogP) is 2.48. The van der Waals surface area contributed by atoms with Gasteiger partial charge in [0, 0.05) is 24.1 Å². The van der Waals surface area contributed by atoms with Crippen LogP contribution in [0.15, 0.2) is 47.6 Å². The molecule has 0 fully saturated rings. The van der Waals surface area contributed by atoms with Gasteiger partial charge in [0.1, 0.15) is 0 Å². The highest BCUT2D eigenvalue weighted by Crippen LogP contribution is 2.12. The molecule has 0 aliphatic carbocycles. The summed E-state index contributed by atoms with van der Waals surface area (Å²) >= 11 is 0. The van der Waals surface area contributed by atoms with Gasteiger partial charge in [-0.05, 0) is 11.6 Å². The average Bonchev–Trinajstić information content (AvgIpc) is 2.30. The van der Waals surface area contributed by atoms with Gasteiger partial charge in [0.25, 0.3) is 0 Å². The molecule has 0 radical (unpaired) electrons. The maximum absolute atomic E-state index is 11.6. The summed E-state index contributed by atoms with van der Waals surface area (Å²) in [5.41, 5.74) is 1.64. The fraction of sp³-hybridized carbons (Fsp3) is 0. The highest BCUT2D eigenvalue weighted by atomic mass is 16.1. The molecule has 14 heavy (non-hydrogen) atoms. The summed E-state index contributed by atoms with van der Waals surface area (Å²) in [6.07, 6.45) is 8.34. The average molecular weight is 183 g/mol. The maximum atomic E-state index is 11.6. The summed E-state index contributed by atoms with van der Waals surface area (Å²) < 4.78 is 0. The summed E-state index contributed by atoms with van der Waals surface area (Å²) in [6.45, 7) is 0. The maximum Gasteiger partial charge on any atom is 0.187 e. The van der Waals surface area contributed by atoms with Crippen molar-refractivity contribution >= 4 is 18.1 Å². The lowest BCUT2D eigenvalue weighted by atomic mass is 10.0. The summed E-state index contributed by atoms with van der Waals surface area (Å²) in [7, 11) is 0. The van der Waals surface area contributed by atoms with E-state index in [1.54, 1.807) is 6.21 Å². The van der Waals surface area contributed by atoms with Crippen molar-refractivity contribution < 1.29 is 4.79 Å². The molecule has 2 heteroatoms. The zero-order chi connectivity index (χ0) is 9.80. The molecule has 0 spiro atoms. The Hall–Kier alpha value is -1.96. The van der Waals surface area contributed by atoms with E-state index in [1.165, 1.54) is 12.3 Å². The SMILES string of the molecule is O=C1C=CN=CC=Cc2ccccc21. The Morgan fingerprint density at radius 2 is 1.93 bits per heavy atom. The molecule has 1 aliphatic rings. The molecule has 0 amide bonds. The number of hydrogen-bond donors (Lipinski definition) is 0. The molecule has 1 heterocycles. The van der Waals surface area contributed by atoms with Crippen molar-refractivity contribution in [3.8, 4) is 0 Å². The molecule has 0 saturated heterocycles. The largest absolute Gasteiger partial charge is 0.289 e. The normalized spacial score (nSPS) is 14.4. The molecule has 0 aromatic heterocycles. The second-order valence-electron chi connectivity index (χ2n) is 2.92. The summed E-state index contributed by atoms with van der Waals surface area (Å²) in [4.78, 5) is 15.5. The van der Waals surface area contributed by atoms with E-state index in [2.05, 4.69) is 4.99 Å². The van der Waals surface area contributed by atoms with E-state index in [1.807, 2.05) is 36.4 Å². The minimum atomic E-state index is -0.00991. The Bertz CT molecular complexity index is 441. The van der Waals surface area contributed by atoms with Crippen LogP contribution in [0.3, 0.4) is 0 Å².